The van der Waals surface area contributed by atoms with Gasteiger partial charge < -0.3 is 4.74 Å². The molecule has 0 aromatic heterocycles. The zero-order valence-corrected chi connectivity index (χ0v) is 6.71. The number of para-hydroxylation sites is 2. The molecule has 0 amide bonds. The number of ether oxygens (including phenoxy) is 1. The molecule has 0 N–H and O–H groups in total. The van der Waals surface area contributed by atoms with E-state index in [1.54, 1.807) is 12.1 Å². The molecule has 1 aromatic rings. The van der Waals surface area contributed by atoms with Crippen LogP contribution < -0.4 is 4.74 Å². The van der Waals surface area contributed by atoms with Gasteiger partial charge in [0.2, 0.25) is 5.69 Å². The summed E-state index contributed by atoms with van der Waals surface area (Å²) in [6, 6.07) is 6.31. The van der Waals surface area contributed by atoms with E-state index in [-0.39, 0.29) is 11.4 Å². The van der Waals surface area contributed by atoms with E-state index in [9.17, 15) is 8.78 Å². The van der Waals surface area contributed by atoms with Gasteiger partial charge in [0.25, 0.3) is 6.43 Å². The van der Waals surface area contributed by atoms with E-state index in [1.165, 1.54) is 12.1 Å². The predicted octanol–water partition coefficient (Wildman–Crippen LogP) is 2.88. The second-order valence-corrected chi connectivity index (χ2v) is 2.28. The zero-order chi connectivity index (χ0) is 9.68. The summed E-state index contributed by atoms with van der Waals surface area (Å²) in [5.41, 5.74) is 0.253. The fraction of sp³-hybridized carbons (Fsp3) is 0.222. The van der Waals surface area contributed by atoms with Gasteiger partial charge >= 0.3 is 0 Å². The molecule has 2 nitrogen and oxygen atoms in total. The van der Waals surface area contributed by atoms with Crippen LogP contribution in [0.2, 0.25) is 0 Å². The Morgan fingerprint density at radius 2 is 2.08 bits per heavy atom. The van der Waals surface area contributed by atoms with Gasteiger partial charge in [-0.25, -0.2) is 13.6 Å². The Kier molecular flexibility index (Phi) is 3.21. The Morgan fingerprint density at radius 1 is 1.38 bits per heavy atom. The van der Waals surface area contributed by atoms with Crippen LogP contribution in [0, 0.1) is 6.57 Å². The van der Waals surface area contributed by atoms with Crippen molar-refractivity contribution in [2.45, 2.75) is 6.43 Å². The minimum atomic E-state index is -2.52. The molecular weight excluding hydrogens is 176 g/mol. The van der Waals surface area contributed by atoms with Crippen LogP contribution in [0.5, 0.6) is 5.75 Å². The van der Waals surface area contributed by atoms with Crippen LogP contribution in [-0.2, 0) is 0 Å². The lowest BCUT2D eigenvalue weighted by Gasteiger charge is -2.06. The van der Waals surface area contributed by atoms with Gasteiger partial charge in [0.15, 0.2) is 0 Å². The summed E-state index contributed by atoms with van der Waals surface area (Å²) in [6.45, 7) is 6.05. The Morgan fingerprint density at radius 3 is 2.69 bits per heavy atom. The minimum absolute atomic E-state index is 0.206. The number of hydrogen-bond donors (Lipinski definition) is 0. The molecule has 0 heterocycles. The summed E-state index contributed by atoms with van der Waals surface area (Å²) >= 11 is 0. The molecule has 13 heavy (non-hydrogen) atoms. The number of halogens is 2. The SMILES string of the molecule is [C-]#[N+]c1ccccc1OCC(F)F. The third-order valence-corrected chi connectivity index (χ3v) is 1.35. The summed E-state index contributed by atoms with van der Waals surface area (Å²) < 4.78 is 28.2. The van der Waals surface area contributed by atoms with E-state index in [4.69, 9.17) is 11.3 Å². The predicted molar refractivity (Wildman–Crippen MR) is 44.2 cm³/mol. The lowest BCUT2D eigenvalue weighted by Crippen LogP contribution is -2.06. The Balaban J connectivity index is 2.71. The van der Waals surface area contributed by atoms with E-state index in [0.717, 1.165) is 0 Å². The van der Waals surface area contributed by atoms with Gasteiger partial charge in [-0.1, -0.05) is 18.2 Å². The number of rotatable bonds is 3. The van der Waals surface area contributed by atoms with Gasteiger partial charge in [0, 0.05) is 0 Å². The molecular formula is C9H7F2NO. The highest BCUT2D eigenvalue weighted by Gasteiger charge is 2.06. The van der Waals surface area contributed by atoms with Crippen molar-refractivity contribution in [2.24, 2.45) is 0 Å². The number of nitrogens with zero attached hydrogens (tertiary/aromatic N) is 1. The maximum Gasteiger partial charge on any atom is 0.271 e. The molecule has 0 atom stereocenters. The second kappa shape index (κ2) is 4.41. The molecule has 0 spiro atoms. The summed E-state index contributed by atoms with van der Waals surface area (Å²) in [7, 11) is 0. The second-order valence-electron chi connectivity index (χ2n) is 2.28. The van der Waals surface area contributed by atoms with Crippen LogP contribution in [0.25, 0.3) is 4.85 Å². The number of hydrogen-bond acceptors (Lipinski definition) is 1. The number of alkyl halides is 2. The summed E-state index contributed by atoms with van der Waals surface area (Å²) in [4.78, 5) is 3.13. The fourth-order valence-electron chi connectivity index (χ4n) is 0.824. The van der Waals surface area contributed by atoms with Crippen molar-refractivity contribution >= 4 is 5.69 Å². The van der Waals surface area contributed by atoms with Gasteiger partial charge in [-0.15, -0.1) is 0 Å². The normalized spacial score (nSPS) is 9.69. The molecule has 0 saturated heterocycles. The van der Waals surface area contributed by atoms with Crippen molar-refractivity contribution in [3.63, 3.8) is 0 Å². The summed E-state index contributed by atoms with van der Waals surface area (Å²) in [5, 5.41) is 0. The molecule has 0 saturated carbocycles. The molecule has 4 heteroatoms. The Hall–Kier alpha value is -1.63. The first-order chi connectivity index (χ1) is 6.24. The Bertz CT molecular complexity index is 320. The molecule has 0 aliphatic rings. The van der Waals surface area contributed by atoms with E-state index in [0.29, 0.717) is 0 Å². The molecule has 0 unspecified atom stereocenters. The lowest BCUT2D eigenvalue weighted by molar-refractivity contribution is 0.0823. The highest BCUT2D eigenvalue weighted by atomic mass is 19.3. The van der Waals surface area contributed by atoms with Gasteiger partial charge in [-0.2, -0.15) is 0 Å². The molecule has 0 aliphatic heterocycles. The van der Waals surface area contributed by atoms with Crippen LogP contribution >= 0.6 is 0 Å². The fourth-order valence-corrected chi connectivity index (χ4v) is 0.824. The molecule has 0 fully saturated rings. The standard InChI is InChI=1S/C9H7F2NO/c1-12-7-4-2-3-5-8(7)13-6-9(10)11/h2-5,9H,6H2. The van der Waals surface area contributed by atoms with E-state index >= 15 is 0 Å². The third kappa shape index (κ3) is 2.71. The summed E-state index contributed by atoms with van der Waals surface area (Å²) in [6.07, 6.45) is -2.52. The smallest absolute Gasteiger partial charge is 0.271 e. The monoisotopic (exact) mass is 183 g/mol. The largest absolute Gasteiger partial charge is 0.499 e. The van der Waals surface area contributed by atoms with Crippen LogP contribution in [-0.4, -0.2) is 13.0 Å². The van der Waals surface area contributed by atoms with Gasteiger partial charge in [0.1, 0.15) is 12.4 Å². The van der Waals surface area contributed by atoms with Crippen molar-refractivity contribution in [1.29, 1.82) is 0 Å². The minimum Gasteiger partial charge on any atom is -0.499 e. The highest BCUT2D eigenvalue weighted by Crippen LogP contribution is 2.26. The average molecular weight is 183 g/mol. The van der Waals surface area contributed by atoms with Crippen molar-refractivity contribution in [1.82, 2.24) is 0 Å². The third-order valence-electron chi connectivity index (χ3n) is 1.35. The topological polar surface area (TPSA) is 13.6 Å². The van der Waals surface area contributed by atoms with Gasteiger partial charge in [-0.3, -0.25) is 0 Å². The van der Waals surface area contributed by atoms with Crippen LogP contribution in [0.4, 0.5) is 14.5 Å². The van der Waals surface area contributed by atoms with Crippen LogP contribution in [0.3, 0.4) is 0 Å². The van der Waals surface area contributed by atoms with E-state index in [1.807, 2.05) is 0 Å². The van der Waals surface area contributed by atoms with E-state index < -0.39 is 13.0 Å². The number of benzene rings is 1. The first kappa shape index (κ1) is 9.46. The van der Waals surface area contributed by atoms with Gasteiger partial charge in [-0.05, 0) is 6.07 Å². The first-order valence-corrected chi connectivity index (χ1v) is 3.61. The lowest BCUT2D eigenvalue weighted by atomic mass is 10.3. The van der Waals surface area contributed by atoms with E-state index in [2.05, 4.69) is 4.85 Å². The Labute approximate surface area is 74.6 Å². The molecule has 68 valence electrons. The van der Waals surface area contributed by atoms with Gasteiger partial charge in [0.05, 0.1) is 6.57 Å². The maximum absolute atomic E-state index is 11.8. The highest BCUT2D eigenvalue weighted by molar-refractivity contribution is 5.56. The molecule has 0 radical (unpaired) electrons. The summed E-state index contributed by atoms with van der Waals surface area (Å²) in [5.74, 6) is 0.206. The zero-order valence-electron chi connectivity index (χ0n) is 6.71. The van der Waals surface area contributed by atoms with Crippen LogP contribution in [0.15, 0.2) is 24.3 Å². The van der Waals surface area contributed by atoms with Crippen molar-refractivity contribution < 1.29 is 13.5 Å². The first-order valence-electron chi connectivity index (χ1n) is 3.61. The average Bonchev–Trinajstić information content (AvgIpc) is 2.15. The van der Waals surface area contributed by atoms with Crippen molar-refractivity contribution in [3.8, 4) is 5.75 Å². The van der Waals surface area contributed by atoms with Crippen molar-refractivity contribution in [2.75, 3.05) is 6.61 Å². The maximum atomic E-state index is 11.8. The quantitative estimate of drug-likeness (QED) is 0.657. The van der Waals surface area contributed by atoms with Crippen molar-refractivity contribution in [3.05, 3.63) is 35.7 Å². The molecule has 0 aliphatic carbocycles. The molecule has 1 rings (SSSR count). The molecule has 0 bridgehead atoms. The molecule has 1 aromatic carbocycles. The van der Waals surface area contributed by atoms with Crippen LogP contribution in [0.1, 0.15) is 0 Å².